The molecule has 1 aliphatic rings. The topological polar surface area (TPSA) is 35.5 Å². The third-order valence-electron chi connectivity index (χ3n) is 2.60. The number of hydrogen-bond donors (Lipinski definition) is 0. The maximum atomic E-state index is 11.9. The zero-order valence-electron chi connectivity index (χ0n) is 8.73. The van der Waals surface area contributed by atoms with Crippen LogP contribution in [0.25, 0.3) is 0 Å². The lowest BCUT2D eigenvalue weighted by Gasteiger charge is -2.08. The SMILES string of the molecule is COc1ccc(C(=O)C2CCCO2)cc1. The van der Waals surface area contributed by atoms with E-state index in [2.05, 4.69) is 0 Å². The maximum absolute atomic E-state index is 11.9. The summed E-state index contributed by atoms with van der Waals surface area (Å²) in [5, 5.41) is 0. The molecule has 0 amide bonds. The largest absolute Gasteiger partial charge is 0.497 e. The van der Waals surface area contributed by atoms with E-state index in [0.29, 0.717) is 12.2 Å². The Morgan fingerprint density at radius 2 is 2.13 bits per heavy atom. The van der Waals surface area contributed by atoms with Gasteiger partial charge in [-0.25, -0.2) is 0 Å². The first kappa shape index (κ1) is 10.2. The Labute approximate surface area is 89.0 Å². The Morgan fingerprint density at radius 1 is 1.40 bits per heavy atom. The van der Waals surface area contributed by atoms with Gasteiger partial charge < -0.3 is 9.47 Å². The minimum absolute atomic E-state index is 0.0788. The van der Waals surface area contributed by atoms with E-state index in [-0.39, 0.29) is 11.9 Å². The third-order valence-corrected chi connectivity index (χ3v) is 2.60. The van der Waals surface area contributed by atoms with E-state index in [4.69, 9.17) is 9.47 Å². The second-order valence-electron chi connectivity index (χ2n) is 3.59. The van der Waals surface area contributed by atoms with Crippen LogP contribution in [0.5, 0.6) is 5.75 Å². The zero-order chi connectivity index (χ0) is 10.7. The average molecular weight is 206 g/mol. The second-order valence-corrected chi connectivity index (χ2v) is 3.59. The summed E-state index contributed by atoms with van der Waals surface area (Å²) < 4.78 is 10.4. The number of carbonyl (C=O) groups excluding carboxylic acids is 1. The lowest BCUT2D eigenvalue weighted by Crippen LogP contribution is -2.19. The van der Waals surface area contributed by atoms with Crippen LogP contribution in [0.1, 0.15) is 23.2 Å². The smallest absolute Gasteiger partial charge is 0.191 e. The molecule has 3 heteroatoms. The highest BCUT2D eigenvalue weighted by molar-refractivity contribution is 5.99. The molecule has 0 bridgehead atoms. The Morgan fingerprint density at radius 3 is 2.67 bits per heavy atom. The highest BCUT2D eigenvalue weighted by Crippen LogP contribution is 2.19. The summed E-state index contributed by atoms with van der Waals surface area (Å²) in [5.74, 6) is 0.842. The molecule has 1 aliphatic heterocycles. The van der Waals surface area contributed by atoms with Crippen LogP contribution in [0.15, 0.2) is 24.3 Å². The molecule has 0 saturated carbocycles. The normalized spacial score (nSPS) is 20.2. The van der Waals surface area contributed by atoms with Crippen LogP contribution in [0.3, 0.4) is 0 Å². The van der Waals surface area contributed by atoms with Gasteiger partial charge in [-0.1, -0.05) is 0 Å². The van der Waals surface area contributed by atoms with Crippen LogP contribution in [0, 0.1) is 0 Å². The van der Waals surface area contributed by atoms with E-state index in [1.807, 2.05) is 0 Å². The number of rotatable bonds is 3. The van der Waals surface area contributed by atoms with Gasteiger partial charge in [0.15, 0.2) is 5.78 Å². The molecule has 1 heterocycles. The predicted octanol–water partition coefficient (Wildman–Crippen LogP) is 2.06. The standard InChI is InChI=1S/C12H14O3/c1-14-10-6-4-9(5-7-10)12(13)11-3-2-8-15-11/h4-7,11H,2-3,8H2,1H3. The molecular weight excluding hydrogens is 192 g/mol. The van der Waals surface area contributed by atoms with Crippen molar-refractivity contribution in [1.82, 2.24) is 0 Å². The van der Waals surface area contributed by atoms with Crippen molar-refractivity contribution in [2.24, 2.45) is 0 Å². The quantitative estimate of drug-likeness (QED) is 0.710. The molecule has 0 N–H and O–H groups in total. The molecule has 0 spiro atoms. The molecule has 1 atom stereocenters. The number of carbonyl (C=O) groups is 1. The molecule has 0 radical (unpaired) electrons. The van der Waals surface area contributed by atoms with Gasteiger partial charge in [0.05, 0.1) is 7.11 Å². The van der Waals surface area contributed by atoms with Gasteiger partial charge in [0.1, 0.15) is 11.9 Å². The van der Waals surface area contributed by atoms with Crippen LogP contribution >= 0.6 is 0 Å². The zero-order valence-corrected chi connectivity index (χ0v) is 8.73. The molecule has 1 aromatic rings. The van der Waals surface area contributed by atoms with Crippen molar-refractivity contribution in [3.8, 4) is 5.75 Å². The summed E-state index contributed by atoms with van der Waals surface area (Å²) in [6, 6.07) is 7.15. The van der Waals surface area contributed by atoms with E-state index in [0.717, 1.165) is 18.6 Å². The molecule has 15 heavy (non-hydrogen) atoms. The monoisotopic (exact) mass is 206 g/mol. The lowest BCUT2D eigenvalue weighted by atomic mass is 10.0. The highest BCUT2D eigenvalue weighted by atomic mass is 16.5. The Balaban J connectivity index is 2.11. The first-order valence-electron chi connectivity index (χ1n) is 5.11. The van der Waals surface area contributed by atoms with Gasteiger partial charge in [-0.3, -0.25) is 4.79 Å². The molecule has 1 unspecified atom stereocenters. The minimum Gasteiger partial charge on any atom is -0.497 e. The Hall–Kier alpha value is -1.35. The van der Waals surface area contributed by atoms with E-state index < -0.39 is 0 Å². The summed E-state index contributed by atoms with van der Waals surface area (Å²) in [6.07, 6.45) is 1.58. The summed E-state index contributed by atoms with van der Waals surface area (Å²) in [5.41, 5.74) is 0.697. The number of methoxy groups -OCH3 is 1. The van der Waals surface area contributed by atoms with E-state index in [1.165, 1.54) is 0 Å². The summed E-state index contributed by atoms with van der Waals surface area (Å²) in [4.78, 5) is 11.9. The van der Waals surface area contributed by atoms with Gasteiger partial charge in [0.2, 0.25) is 0 Å². The van der Waals surface area contributed by atoms with Gasteiger partial charge in [-0.2, -0.15) is 0 Å². The van der Waals surface area contributed by atoms with Crippen LogP contribution in [0.4, 0.5) is 0 Å². The summed E-state index contributed by atoms with van der Waals surface area (Å²) >= 11 is 0. The van der Waals surface area contributed by atoms with E-state index in [9.17, 15) is 4.79 Å². The van der Waals surface area contributed by atoms with Crippen molar-refractivity contribution < 1.29 is 14.3 Å². The Bertz CT molecular complexity index is 336. The van der Waals surface area contributed by atoms with Crippen molar-refractivity contribution in [2.45, 2.75) is 18.9 Å². The number of ether oxygens (including phenoxy) is 2. The molecule has 1 fully saturated rings. The van der Waals surface area contributed by atoms with Gasteiger partial charge in [0, 0.05) is 12.2 Å². The number of hydrogen-bond acceptors (Lipinski definition) is 3. The van der Waals surface area contributed by atoms with Gasteiger partial charge in [0.25, 0.3) is 0 Å². The fourth-order valence-electron chi connectivity index (χ4n) is 1.73. The lowest BCUT2D eigenvalue weighted by molar-refractivity contribution is 0.0643. The van der Waals surface area contributed by atoms with Crippen molar-refractivity contribution in [3.63, 3.8) is 0 Å². The molecule has 2 rings (SSSR count). The van der Waals surface area contributed by atoms with E-state index >= 15 is 0 Å². The van der Waals surface area contributed by atoms with Crippen LogP contribution in [0.2, 0.25) is 0 Å². The second kappa shape index (κ2) is 4.45. The number of Topliss-reactive ketones (excluding diaryl/α,β-unsaturated/α-hetero) is 1. The highest BCUT2D eigenvalue weighted by Gasteiger charge is 2.24. The van der Waals surface area contributed by atoms with Crippen molar-refractivity contribution >= 4 is 5.78 Å². The predicted molar refractivity (Wildman–Crippen MR) is 56.3 cm³/mol. The van der Waals surface area contributed by atoms with Crippen LogP contribution < -0.4 is 4.74 Å². The van der Waals surface area contributed by atoms with Gasteiger partial charge in [-0.05, 0) is 37.1 Å². The van der Waals surface area contributed by atoms with Crippen molar-refractivity contribution in [3.05, 3.63) is 29.8 Å². The van der Waals surface area contributed by atoms with Crippen molar-refractivity contribution in [1.29, 1.82) is 0 Å². The number of ketones is 1. The van der Waals surface area contributed by atoms with Crippen molar-refractivity contribution in [2.75, 3.05) is 13.7 Å². The average Bonchev–Trinajstić information content (AvgIpc) is 2.82. The molecule has 1 aromatic carbocycles. The van der Waals surface area contributed by atoms with Crippen LogP contribution in [-0.4, -0.2) is 25.6 Å². The van der Waals surface area contributed by atoms with Gasteiger partial charge >= 0.3 is 0 Å². The molecule has 0 aromatic heterocycles. The summed E-state index contributed by atoms with van der Waals surface area (Å²) in [7, 11) is 1.61. The number of benzene rings is 1. The minimum atomic E-state index is -0.238. The molecule has 3 nitrogen and oxygen atoms in total. The molecule has 1 saturated heterocycles. The molecule has 80 valence electrons. The molecule has 0 aliphatic carbocycles. The summed E-state index contributed by atoms with van der Waals surface area (Å²) in [6.45, 7) is 0.701. The first-order chi connectivity index (χ1) is 7.31. The fourth-order valence-corrected chi connectivity index (χ4v) is 1.73. The van der Waals surface area contributed by atoms with E-state index in [1.54, 1.807) is 31.4 Å². The Kier molecular flexibility index (Phi) is 3.02. The maximum Gasteiger partial charge on any atom is 0.191 e. The molecular formula is C12H14O3. The first-order valence-corrected chi connectivity index (χ1v) is 5.11. The third kappa shape index (κ3) is 2.18. The van der Waals surface area contributed by atoms with Crippen LogP contribution in [-0.2, 0) is 4.74 Å². The fraction of sp³-hybridized carbons (Fsp3) is 0.417. The van der Waals surface area contributed by atoms with Gasteiger partial charge in [-0.15, -0.1) is 0 Å².